The first kappa shape index (κ1) is 18.7. The lowest BCUT2D eigenvalue weighted by Crippen LogP contribution is -2.27. The Labute approximate surface area is 176 Å². The van der Waals surface area contributed by atoms with E-state index in [0.717, 1.165) is 59.9 Å². The molecular formula is C24H26N6. The van der Waals surface area contributed by atoms with Gasteiger partial charge in [0.25, 0.3) is 0 Å². The molecule has 0 saturated carbocycles. The largest absolute Gasteiger partial charge is 0.331 e. The van der Waals surface area contributed by atoms with Crippen LogP contribution in [0.3, 0.4) is 0 Å². The number of hydrogen-bond acceptors (Lipinski definition) is 5. The Kier molecular flexibility index (Phi) is 4.91. The third kappa shape index (κ3) is 3.43. The van der Waals surface area contributed by atoms with Crippen molar-refractivity contribution >= 4 is 16.9 Å². The molecule has 1 aliphatic rings. The molecule has 1 saturated heterocycles. The minimum absolute atomic E-state index is 0.149. The van der Waals surface area contributed by atoms with Crippen LogP contribution < -0.4 is 4.90 Å². The lowest BCUT2D eigenvalue weighted by molar-refractivity contribution is 0.487. The maximum absolute atomic E-state index is 5.06. The van der Waals surface area contributed by atoms with Gasteiger partial charge in [-0.1, -0.05) is 62.4 Å². The number of anilines is 1. The van der Waals surface area contributed by atoms with Gasteiger partial charge in [0.1, 0.15) is 6.33 Å². The van der Waals surface area contributed by atoms with E-state index in [2.05, 4.69) is 69.9 Å². The predicted molar refractivity (Wildman–Crippen MR) is 119 cm³/mol. The fourth-order valence-corrected chi connectivity index (χ4v) is 4.34. The van der Waals surface area contributed by atoms with E-state index in [-0.39, 0.29) is 6.04 Å². The minimum Gasteiger partial charge on any atom is -0.331 e. The van der Waals surface area contributed by atoms with Crippen molar-refractivity contribution in [2.45, 2.75) is 39.3 Å². The summed E-state index contributed by atoms with van der Waals surface area (Å²) in [6.07, 6.45) is 3.98. The van der Waals surface area contributed by atoms with Crippen LogP contribution >= 0.6 is 0 Å². The molecule has 1 aliphatic heterocycles. The molecule has 4 aromatic rings. The van der Waals surface area contributed by atoms with Gasteiger partial charge >= 0.3 is 0 Å². The molecular weight excluding hydrogens is 372 g/mol. The van der Waals surface area contributed by atoms with Gasteiger partial charge in [-0.15, -0.1) is 10.2 Å². The summed E-state index contributed by atoms with van der Waals surface area (Å²) in [5.41, 5.74) is 3.05. The van der Waals surface area contributed by atoms with Gasteiger partial charge in [0.2, 0.25) is 5.95 Å². The molecule has 3 heterocycles. The molecule has 1 unspecified atom stereocenters. The van der Waals surface area contributed by atoms with E-state index in [0.29, 0.717) is 5.92 Å². The molecule has 0 radical (unpaired) electrons. The van der Waals surface area contributed by atoms with Crippen molar-refractivity contribution in [3.05, 3.63) is 66.7 Å². The van der Waals surface area contributed by atoms with Crippen molar-refractivity contribution in [3.63, 3.8) is 0 Å². The summed E-state index contributed by atoms with van der Waals surface area (Å²) in [6, 6.07) is 18.8. The van der Waals surface area contributed by atoms with E-state index in [1.165, 1.54) is 0 Å². The highest BCUT2D eigenvalue weighted by Gasteiger charge is 2.32. The van der Waals surface area contributed by atoms with Crippen molar-refractivity contribution in [3.8, 4) is 11.3 Å². The third-order valence-electron chi connectivity index (χ3n) is 5.65. The lowest BCUT2D eigenvalue weighted by atomic mass is 10.1. The summed E-state index contributed by atoms with van der Waals surface area (Å²) in [6.45, 7) is 6.27. The zero-order valence-corrected chi connectivity index (χ0v) is 17.4. The molecule has 0 spiro atoms. The summed E-state index contributed by atoms with van der Waals surface area (Å²) < 4.78 is 2.19. The van der Waals surface area contributed by atoms with Crippen LogP contribution in [0.1, 0.15) is 38.6 Å². The number of benzene rings is 2. The Morgan fingerprint density at radius 3 is 2.63 bits per heavy atom. The first-order valence-electron chi connectivity index (χ1n) is 10.7. The Bertz CT molecular complexity index is 1150. The minimum atomic E-state index is 0.149. The molecule has 2 aromatic heterocycles. The molecule has 152 valence electrons. The quantitative estimate of drug-likeness (QED) is 0.479. The highest BCUT2D eigenvalue weighted by Crippen LogP contribution is 2.36. The Morgan fingerprint density at radius 2 is 1.80 bits per heavy atom. The molecule has 1 atom stereocenters. The van der Waals surface area contributed by atoms with Crippen LogP contribution in [0.25, 0.3) is 22.2 Å². The Morgan fingerprint density at radius 1 is 1.00 bits per heavy atom. The van der Waals surface area contributed by atoms with Crippen LogP contribution in [0.5, 0.6) is 0 Å². The smallest absolute Gasteiger partial charge is 0.227 e. The van der Waals surface area contributed by atoms with Crippen molar-refractivity contribution in [2.24, 2.45) is 5.92 Å². The molecule has 6 heteroatoms. The van der Waals surface area contributed by atoms with Gasteiger partial charge in [-0.3, -0.25) is 0 Å². The molecule has 30 heavy (non-hydrogen) atoms. The fourth-order valence-electron chi connectivity index (χ4n) is 4.34. The van der Waals surface area contributed by atoms with Crippen LogP contribution in [-0.4, -0.2) is 31.3 Å². The van der Waals surface area contributed by atoms with Crippen molar-refractivity contribution in [2.75, 3.05) is 11.4 Å². The van der Waals surface area contributed by atoms with Crippen molar-refractivity contribution < 1.29 is 0 Å². The second-order valence-electron chi connectivity index (χ2n) is 8.34. The van der Waals surface area contributed by atoms with Crippen LogP contribution in [0.4, 0.5) is 5.95 Å². The highest BCUT2D eigenvalue weighted by atomic mass is 15.3. The van der Waals surface area contributed by atoms with E-state index < -0.39 is 0 Å². The van der Waals surface area contributed by atoms with E-state index >= 15 is 0 Å². The summed E-state index contributed by atoms with van der Waals surface area (Å²) in [5, 5.41) is 9.77. The number of hydrogen-bond donors (Lipinski definition) is 0. The molecule has 5 rings (SSSR count). The van der Waals surface area contributed by atoms with Crippen LogP contribution in [0.15, 0.2) is 60.9 Å². The first-order valence-corrected chi connectivity index (χ1v) is 10.7. The van der Waals surface area contributed by atoms with E-state index in [9.17, 15) is 0 Å². The number of aromatic nitrogens is 5. The second-order valence-corrected chi connectivity index (χ2v) is 8.34. The monoisotopic (exact) mass is 398 g/mol. The maximum atomic E-state index is 5.06. The Balaban J connectivity index is 1.60. The van der Waals surface area contributed by atoms with Crippen molar-refractivity contribution in [1.29, 1.82) is 0 Å². The van der Waals surface area contributed by atoms with Crippen LogP contribution in [0.2, 0.25) is 0 Å². The van der Waals surface area contributed by atoms with Crippen molar-refractivity contribution in [1.82, 2.24) is 24.7 Å². The average molecular weight is 399 g/mol. The van der Waals surface area contributed by atoms with Crippen LogP contribution in [0, 0.1) is 5.92 Å². The summed E-state index contributed by atoms with van der Waals surface area (Å²) in [5.74, 6) is 2.32. The molecule has 1 fully saturated rings. The maximum Gasteiger partial charge on any atom is 0.227 e. The molecule has 2 aromatic carbocycles. The van der Waals surface area contributed by atoms with Gasteiger partial charge in [0.05, 0.1) is 17.3 Å². The number of para-hydroxylation sites is 1. The molecule has 6 nitrogen and oxygen atoms in total. The SMILES string of the molecule is CC(C)Cn1cnnc1C1CCCN1c1nc(-c2ccccc2)c2ccccc2n1. The number of nitrogens with zero attached hydrogens (tertiary/aromatic N) is 6. The standard InChI is InChI=1S/C24H26N6/c1-17(2)15-29-16-25-28-23(29)21-13-8-14-30(21)24-26-20-12-7-6-11-19(20)22(27-24)18-9-4-3-5-10-18/h3-7,9-12,16-17,21H,8,13-15H2,1-2H3. The Hall–Kier alpha value is -3.28. The first-order chi connectivity index (χ1) is 14.7. The van der Waals surface area contributed by atoms with Gasteiger partial charge in [-0.2, -0.15) is 0 Å². The zero-order chi connectivity index (χ0) is 20.5. The molecule has 0 N–H and O–H groups in total. The summed E-state index contributed by atoms with van der Waals surface area (Å²) in [4.78, 5) is 12.3. The molecule has 0 bridgehead atoms. The lowest BCUT2D eigenvalue weighted by Gasteiger charge is -2.25. The van der Waals surface area contributed by atoms with E-state index in [1.54, 1.807) is 0 Å². The van der Waals surface area contributed by atoms with Gasteiger partial charge in [-0.05, 0) is 24.8 Å². The van der Waals surface area contributed by atoms with Gasteiger partial charge in [0.15, 0.2) is 5.82 Å². The summed E-state index contributed by atoms with van der Waals surface area (Å²) in [7, 11) is 0. The third-order valence-corrected chi connectivity index (χ3v) is 5.65. The normalized spacial score (nSPS) is 16.6. The van der Waals surface area contributed by atoms with E-state index in [4.69, 9.17) is 9.97 Å². The number of rotatable bonds is 5. The molecule has 0 aliphatic carbocycles. The number of fused-ring (bicyclic) bond motifs is 1. The van der Waals surface area contributed by atoms with Gasteiger partial charge in [0, 0.05) is 24.0 Å². The van der Waals surface area contributed by atoms with Gasteiger partial charge < -0.3 is 9.47 Å². The topological polar surface area (TPSA) is 59.7 Å². The second kappa shape index (κ2) is 7.86. The zero-order valence-electron chi connectivity index (χ0n) is 17.4. The van der Waals surface area contributed by atoms with Crippen LogP contribution in [-0.2, 0) is 6.54 Å². The fraction of sp³-hybridized carbons (Fsp3) is 0.333. The summed E-state index contributed by atoms with van der Waals surface area (Å²) >= 11 is 0. The van der Waals surface area contributed by atoms with E-state index in [1.807, 2.05) is 24.5 Å². The molecule has 0 amide bonds. The van der Waals surface area contributed by atoms with Gasteiger partial charge in [-0.25, -0.2) is 9.97 Å². The highest BCUT2D eigenvalue weighted by molar-refractivity contribution is 5.93. The predicted octanol–water partition coefficient (Wildman–Crippen LogP) is 4.89. The average Bonchev–Trinajstić information content (AvgIpc) is 3.42.